The summed E-state index contributed by atoms with van der Waals surface area (Å²) >= 11 is 0. The first-order chi connectivity index (χ1) is 14.0. The van der Waals surface area contributed by atoms with Gasteiger partial charge in [-0.3, -0.25) is 14.9 Å². The topological polar surface area (TPSA) is 95.7 Å². The molecule has 7 heteroatoms. The molecule has 0 spiro atoms. The second-order valence-corrected chi connectivity index (χ2v) is 6.07. The van der Waals surface area contributed by atoms with E-state index in [-0.39, 0.29) is 17.2 Å². The van der Waals surface area contributed by atoms with Crippen molar-refractivity contribution >= 4 is 17.4 Å². The molecule has 0 aliphatic heterocycles. The average molecular weight is 391 g/mol. The summed E-state index contributed by atoms with van der Waals surface area (Å²) in [6, 6.07) is 22.1. The minimum Gasteiger partial charge on any atom is -0.482 e. The maximum atomic E-state index is 12.2. The van der Waals surface area contributed by atoms with E-state index in [0.717, 1.165) is 11.1 Å². The number of nitro benzene ring substituents is 1. The van der Waals surface area contributed by atoms with Crippen molar-refractivity contribution in [3.63, 3.8) is 0 Å². The zero-order valence-electron chi connectivity index (χ0n) is 15.3. The molecule has 7 nitrogen and oxygen atoms in total. The highest BCUT2D eigenvalue weighted by atomic mass is 16.6. The summed E-state index contributed by atoms with van der Waals surface area (Å²) in [4.78, 5) is 34.0. The van der Waals surface area contributed by atoms with Crippen molar-refractivity contribution in [3.8, 4) is 16.9 Å². The molecule has 0 amide bonds. The summed E-state index contributed by atoms with van der Waals surface area (Å²) in [6.07, 6.45) is 0. The highest BCUT2D eigenvalue weighted by molar-refractivity contribution is 5.98. The first-order valence-electron chi connectivity index (χ1n) is 8.74. The molecule has 3 aromatic carbocycles. The van der Waals surface area contributed by atoms with E-state index in [0.29, 0.717) is 5.56 Å². The van der Waals surface area contributed by atoms with Gasteiger partial charge in [0.25, 0.3) is 5.69 Å². The van der Waals surface area contributed by atoms with Crippen LogP contribution in [0, 0.1) is 10.1 Å². The molecule has 0 aromatic heterocycles. The number of hydrogen-bond donors (Lipinski definition) is 0. The monoisotopic (exact) mass is 391 g/mol. The predicted octanol–water partition coefficient (Wildman–Crippen LogP) is 4.07. The van der Waals surface area contributed by atoms with Crippen LogP contribution in [0.2, 0.25) is 0 Å². The largest absolute Gasteiger partial charge is 0.482 e. The molecule has 0 atom stereocenters. The average Bonchev–Trinajstić information content (AvgIpc) is 2.77. The molecule has 0 bridgehead atoms. The third-order valence-electron chi connectivity index (χ3n) is 4.08. The van der Waals surface area contributed by atoms with Gasteiger partial charge in [-0.05, 0) is 23.3 Å². The lowest BCUT2D eigenvalue weighted by molar-refractivity contribution is -0.384. The van der Waals surface area contributed by atoms with E-state index in [4.69, 9.17) is 9.47 Å². The first kappa shape index (κ1) is 19.8. The van der Waals surface area contributed by atoms with Gasteiger partial charge in [-0.2, -0.15) is 0 Å². The SMILES string of the molecule is O=C(COc1ccc([N+](=O)[O-])cc1)OCC(=O)c1ccc(-c2ccccc2)cc1. The molecule has 0 saturated heterocycles. The lowest BCUT2D eigenvalue weighted by Gasteiger charge is -2.07. The van der Waals surface area contributed by atoms with Gasteiger partial charge in [0.1, 0.15) is 5.75 Å². The second kappa shape index (κ2) is 9.27. The molecule has 0 aliphatic rings. The molecule has 0 radical (unpaired) electrons. The Labute approximate surface area is 166 Å². The Morgan fingerprint density at radius 1 is 0.793 bits per heavy atom. The van der Waals surface area contributed by atoms with Crippen LogP contribution >= 0.6 is 0 Å². The van der Waals surface area contributed by atoms with E-state index in [1.807, 2.05) is 42.5 Å². The number of esters is 1. The van der Waals surface area contributed by atoms with Crippen molar-refractivity contribution in [2.45, 2.75) is 0 Å². The number of nitro groups is 1. The molecular formula is C22H17NO6. The highest BCUT2D eigenvalue weighted by Crippen LogP contribution is 2.19. The van der Waals surface area contributed by atoms with Gasteiger partial charge in [0, 0.05) is 17.7 Å². The van der Waals surface area contributed by atoms with Crippen molar-refractivity contribution in [2.75, 3.05) is 13.2 Å². The Morgan fingerprint density at radius 3 is 2.03 bits per heavy atom. The summed E-state index contributed by atoms with van der Waals surface area (Å²) in [5.41, 5.74) is 2.38. The molecule has 0 aliphatic carbocycles. The number of nitrogens with zero attached hydrogens (tertiary/aromatic N) is 1. The molecule has 0 saturated carbocycles. The van der Waals surface area contributed by atoms with E-state index in [9.17, 15) is 19.7 Å². The van der Waals surface area contributed by atoms with Gasteiger partial charge in [0.15, 0.2) is 19.0 Å². The van der Waals surface area contributed by atoms with Gasteiger partial charge in [-0.15, -0.1) is 0 Å². The standard InChI is InChI=1S/C22H17NO6/c24-21(18-8-6-17(7-9-18)16-4-2-1-3-5-16)14-29-22(25)15-28-20-12-10-19(11-13-20)23(26)27/h1-13H,14-15H2. The lowest BCUT2D eigenvalue weighted by Crippen LogP contribution is -2.19. The Morgan fingerprint density at radius 2 is 1.41 bits per heavy atom. The molecule has 0 N–H and O–H groups in total. The molecule has 29 heavy (non-hydrogen) atoms. The quantitative estimate of drug-likeness (QED) is 0.249. The Bertz CT molecular complexity index is 998. The van der Waals surface area contributed by atoms with E-state index >= 15 is 0 Å². The fourth-order valence-corrected chi connectivity index (χ4v) is 2.56. The summed E-state index contributed by atoms with van der Waals surface area (Å²) in [5, 5.41) is 10.6. The van der Waals surface area contributed by atoms with Crippen molar-refractivity contribution < 1.29 is 24.0 Å². The van der Waals surface area contributed by atoms with Gasteiger partial charge in [-0.1, -0.05) is 54.6 Å². The Balaban J connectivity index is 1.47. The molecule has 146 valence electrons. The van der Waals surface area contributed by atoms with Crippen molar-refractivity contribution in [3.05, 3.63) is 94.5 Å². The van der Waals surface area contributed by atoms with Crippen molar-refractivity contribution in [1.29, 1.82) is 0 Å². The van der Waals surface area contributed by atoms with Gasteiger partial charge in [0.2, 0.25) is 0 Å². The van der Waals surface area contributed by atoms with Crippen LogP contribution < -0.4 is 4.74 Å². The fourth-order valence-electron chi connectivity index (χ4n) is 2.56. The number of hydrogen-bond acceptors (Lipinski definition) is 6. The number of benzene rings is 3. The summed E-state index contributed by atoms with van der Waals surface area (Å²) in [7, 11) is 0. The maximum Gasteiger partial charge on any atom is 0.344 e. The number of rotatable bonds is 8. The minimum absolute atomic E-state index is 0.0798. The number of carbonyl (C=O) groups excluding carboxylic acids is 2. The zero-order valence-corrected chi connectivity index (χ0v) is 15.3. The molecule has 0 fully saturated rings. The third kappa shape index (κ3) is 5.49. The number of carbonyl (C=O) groups is 2. The first-order valence-corrected chi connectivity index (χ1v) is 8.74. The maximum absolute atomic E-state index is 12.2. The molecule has 0 unspecified atom stereocenters. The highest BCUT2D eigenvalue weighted by Gasteiger charge is 2.12. The number of ketones is 1. The second-order valence-electron chi connectivity index (χ2n) is 6.07. The van der Waals surface area contributed by atoms with Gasteiger partial charge in [0.05, 0.1) is 4.92 Å². The summed E-state index contributed by atoms with van der Waals surface area (Å²) in [6.45, 7) is -0.800. The molecular weight excluding hydrogens is 374 g/mol. The number of Topliss-reactive ketones (excluding diaryl/α,β-unsaturated/α-hetero) is 1. The molecule has 3 aromatic rings. The van der Waals surface area contributed by atoms with Crippen molar-refractivity contribution in [2.24, 2.45) is 0 Å². The summed E-state index contributed by atoms with van der Waals surface area (Å²) in [5.74, 6) is -0.749. The number of ether oxygens (including phenoxy) is 2. The van der Waals surface area contributed by atoms with E-state index < -0.39 is 24.1 Å². The summed E-state index contributed by atoms with van der Waals surface area (Å²) < 4.78 is 10.1. The predicted molar refractivity (Wildman–Crippen MR) is 106 cm³/mol. The normalized spacial score (nSPS) is 10.2. The van der Waals surface area contributed by atoms with Gasteiger partial charge in [-0.25, -0.2) is 4.79 Å². The lowest BCUT2D eigenvalue weighted by atomic mass is 10.0. The Kier molecular flexibility index (Phi) is 6.32. The van der Waals surface area contributed by atoms with Crippen LogP contribution in [-0.2, 0) is 9.53 Å². The van der Waals surface area contributed by atoms with Crippen LogP contribution in [0.15, 0.2) is 78.9 Å². The van der Waals surface area contributed by atoms with Gasteiger partial charge < -0.3 is 9.47 Å². The Hall–Kier alpha value is -4.00. The minimum atomic E-state index is -0.711. The van der Waals surface area contributed by atoms with Crippen LogP contribution in [0.5, 0.6) is 5.75 Å². The van der Waals surface area contributed by atoms with Crippen LogP contribution in [0.3, 0.4) is 0 Å². The van der Waals surface area contributed by atoms with E-state index in [2.05, 4.69) is 0 Å². The zero-order chi connectivity index (χ0) is 20.6. The smallest absolute Gasteiger partial charge is 0.344 e. The third-order valence-corrected chi connectivity index (χ3v) is 4.08. The van der Waals surface area contributed by atoms with Crippen molar-refractivity contribution in [1.82, 2.24) is 0 Å². The van der Waals surface area contributed by atoms with Crippen LogP contribution in [0.4, 0.5) is 5.69 Å². The fraction of sp³-hybridized carbons (Fsp3) is 0.0909. The van der Waals surface area contributed by atoms with E-state index in [1.165, 1.54) is 24.3 Å². The van der Waals surface area contributed by atoms with Gasteiger partial charge >= 0.3 is 5.97 Å². The van der Waals surface area contributed by atoms with Crippen LogP contribution in [0.1, 0.15) is 10.4 Å². The van der Waals surface area contributed by atoms with Crippen LogP contribution in [-0.4, -0.2) is 29.9 Å². The molecule has 3 rings (SSSR count). The van der Waals surface area contributed by atoms with E-state index in [1.54, 1.807) is 12.1 Å². The van der Waals surface area contributed by atoms with Crippen LogP contribution in [0.25, 0.3) is 11.1 Å². The number of non-ortho nitro benzene ring substituents is 1. The molecule has 0 heterocycles.